The van der Waals surface area contributed by atoms with E-state index in [2.05, 4.69) is 31.4 Å². The van der Waals surface area contributed by atoms with Crippen molar-refractivity contribution in [1.82, 2.24) is 14.7 Å². The maximum Gasteiger partial charge on any atom is 0.322 e. The summed E-state index contributed by atoms with van der Waals surface area (Å²) in [5.41, 5.74) is 3.15. The van der Waals surface area contributed by atoms with Gasteiger partial charge in [-0.25, -0.2) is 9.48 Å². The molecule has 0 aliphatic rings. The minimum Gasteiger partial charge on any atom is -0.492 e. The number of ether oxygens (including phenoxy) is 1. The number of rotatable bonds is 9. The molecule has 8 heteroatoms. The molecule has 2 N–H and O–H groups in total. The Morgan fingerprint density at radius 1 is 1.03 bits per heavy atom. The van der Waals surface area contributed by atoms with E-state index in [-0.39, 0.29) is 23.9 Å². The van der Waals surface area contributed by atoms with E-state index in [0.717, 1.165) is 16.9 Å². The van der Waals surface area contributed by atoms with E-state index in [1.54, 1.807) is 16.8 Å². The highest BCUT2D eigenvalue weighted by atomic mass is 16.5. The molecule has 192 valence electrons. The number of anilines is 2. The van der Waals surface area contributed by atoms with Crippen LogP contribution in [0.2, 0.25) is 0 Å². The lowest BCUT2D eigenvalue weighted by atomic mass is 9.92. The van der Waals surface area contributed by atoms with Gasteiger partial charge in [0.1, 0.15) is 18.1 Å². The van der Waals surface area contributed by atoms with Crippen molar-refractivity contribution >= 4 is 23.4 Å². The van der Waals surface area contributed by atoms with Gasteiger partial charge < -0.3 is 20.3 Å². The molecule has 0 spiro atoms. The summed E-state index contributed by atoms with van der Waals surface area (Å²) in [5, 5.41) is 10.7. The van der Waals surface area contributed by atoms with Crippen LogP contribution < -0.4 is 15.4 Å². The van der Waals surface area contributed by atoms with Gasteiger partial charge in [-0.1, -0.05) is 58.0 Å². The van der Waals surface area contributed by atoms with E-state index in [1.807, 2.05) is 63.2 Å². The first-order valence-electron chi connectivity index (χ1n) is 12.4. The lowest BCUT2D eigenvalue weighted by Crippen LogP contribution is -2.41. The highest BCUT2D eigenvalue weighted by Crippen LogP contribution is 2.28. The Balaban J connectivity index is 1.81. The van der Waals surface area contributed by atoms with Crippen LogP contribution in [-0.4, -0.2) is 46.3 Å². The molecule has 1 aromatic heterocycles. The smallest absolute Gasteiger partial charge is 0.322 e. The van der Waals surface area contributed by atoms with Crippen molar-refractivity contribution in [2.24, 2.45) is 0 Å². The SMILES string of the molecule is CCCN(CC(=O)Nc1cc(C(C)(C)C)nn1-c1ccccc1C)C(=O)Nc1ccccc1OCC. The fourth-order valence-electron chi connectivity index (χ4n) is 3.74. The molecule has 0 radical (unpaired) electrons. The van der Waals surface area contributed by atoms with Crippen molar-refractivity contribution in [3.8, 4) is 11.4 Å². The zero-order valence-corrected chi connectivity index (χ0v) is 22.1. The topological polar surface area (TPSA) is 88.5 Å². The van der Waals surface area contributed by atoms with Crippen molar-refractivity contribution in [2.45, 2.75) is 53.4 Å². The molecule has 0 saturated carbocycles. The molecular formula is C28H37N5O3. The Labute approximate surface area is 213 Å². The molecule has 0 aliphatic carbocycles. The van der Waals surface area contributed by atoms with Crippen LogP contribution in [0.25, 0.3) is 5.69 Å². The van der Waals surface area contributed by atoms with Gasteiger partial charge >= 0.3 is 6.03 Å². The Kier molecular flexibility index (Phi) is 8.74. The van der Waals surface area contributed by atoms with Crippen molar-refractivity contribution in [2.75, 3.05) is 30.3 Å². The van der Waals surface area contributed by atoms with Crippen molar-refractivity contribution in [3.63, 3.8) is 0 Å². The van der Waals surface area contributed by atoms with E-state index in [4.69, 9.17) is 9.84 Å². The average Bonchev–Trinajstić information content (AvgIpc) is 3.24. The summed E-state index contributed by atoms with van der Waals surface area (Å²) in [6.45, 7) is 12.9. The summed E-state index contributed by atoms with van der Waals surface area (Å²) in [6.07, 6.45) is 0.711. The second-order valence-corrected chi connectivity index (χ2v) is 9.69. The first kappa shape index (κ1) is 26.8. The third-order valence-electron chi connectivity index (χ3n) is 5.63. The highest BCUT2D eigenvalue weighted by molar-refractivity contribution is 5.97. The summed E-state index contributed by atoms with van der Waals surface area (Å²) < 4.78 is 7.37. The van der Waals surface area contributed by atoms with Crippen molar-refractivity contribution < 1.29 is 14.3 Å². The molecule has 36 heavy (non-hydrogen) atoms. The minimum absolute atomic E-state index is 0.0969. The molecule has 3 aromatic rings. The lowest BCUT2D eigenvalue weighted by molar-refractivity contribution is -0.116. The molecule has 3 amide bonds. The van der Waals surface area contributed by atoms with E-state index in [9.17, 15) is 9.59 Å². The number of urea groups is 1. The maximum absolute atomic E-state index is 13.2. The fourth-order valence-corrected chi connectivity index (χ4v) is 3.74. The minimum atomic E-state index is -0.359. The van der Waals surface area contributed by atoms with Gasteiger partial charge in [0.25, 0.3) is 0 Å². The molecule has 0 unspecified atom stereocenters. The highest BCUT2D eigenvalue weighted by Gasteiger charge is 2.23. The summed E-state index contributed by atoms with van der Waals surface area (Å²) in [4.78, 5) is 27.7. The summed E-state index contributed by atoms with van der Waals surface area (Å²) >= 11 is 0. The molecule has 3 rings (SSSR count). The third kappa shape index (κ3) is 6.65. The van der Waals surface area contributed by atoms with Gasteiger partial charge in [-0.2, -0.15) is 5.10 Å². The first-order chi connectivity index (χ1) is 17.1. The number of amides is 3. The number of aromatic nitrogens is 2. The second kappa shape index (κ2) is 11.7. The number of para-hydroxylation sites is 3. The molecule has 0 saturated heterocycles. The van der Waals surface area contributed by atoms with E-state index < -0.39 is 0 Å². The summed E-state index contributed by atoms with van der Waals surface area (Å²) in [5.74, 6) is 0.857. The van der Waals surface area contributed by atoms with Crippen LogP contribution in [0.4, 0.5) is 16.3 Å². The number of benzene rings is 2. The van der Waals surface area contributed by atoms with Crippen LogP contribution in [0.5, 0.6) is 5.75 Å². The predicted octanol–water partition coefficient (Wildman–Crippen LogP) is 5.76. The van der Waals surface area contributed by atoms with Gasteiger partial charge in [0.05, 0.1) is 23.7 Å². The standard InChI is InChI=1S/C28H37N5O3/c1-7-17-32(27(35)29-21-14-10-12-16-23(21)36-8-2)19-26(34)30-25-18-24(28(4,5)6)31-33(25)22-15-11-9-13-20(22)3/h9-16,18H,7-8,17,19H2,1-6H3,(H,29,35)(H,30,34). The Hall–Kier alpha value is -3.81. The zero-order valence-electron chi connectivity index (χ0n) is 22.1. The molecular weight excluding hydrogens is 454 g/mol. The average molecular weight is 492 g/mol. The molecule has 0 fully saturated rings. The Bertz CT molecular complexity index is 1200. The number of carbonyl (C=O) groups excluding carboxylic acids is 2. The molecule has 0 atom stereocenters. The summed E-state index contributed by atoms with van der Waals surface area (Å²) in [7, 11) is 0. The number of aryl methyl sites for hydroxylation is 1. The molecule has 2 aromatic carbocycles. The predicted molar refractivity (Wildman–Crippen MR) is 144 cm³/mol. The second-order valence-electron chi connectivity index (χ2n) is 9.69. The summed E-state index contributed by atoms with van der Waals surface area (Å²) in [6, 6.07) is 16.7. The maximum atomic E-state index is 13.2. The van der Waals surface area contributed by atoms with Crippen LogP contribution >= 0.6 is 0 Å². The van der Waals surface area contributed by atoms with E-state index in [1.165, 1.54) is 4.90 Å². The number of hydrogen-bond acceptors (Lipinski definition) is 4. The van der Waals surface area contributed by atoms with E-state index in [0.29, 0.717) is 36.8 Å². The number of nitrogens with one attached hydrogen (secondary N) is 2. The Morgan fingerprint density at radius 2 is 1.72 bits per heavy atom. The van der Waals surface area contributed by atoms with Gasteiger partial charge in [-0.15, -0.1) is 0 Å². The first-order valence-corrected chi connectivity index (χ1v) is 12.4. The quantitative estimate of drug-likeness (QED) is 0.398. The van der Waals surface area contributed by atoms with Crippen molar-refractivity contribution in [3.05, 3.63) is 65.9 Å². The molecule has 1 heterocycles. The lowest BCUT2D eigenvalue weighted by Gasteiger charge is -2.23. The molecule has 0 bridgehead atoms. The van der Waals surface area contributed by atoms with Crippen molar-refractivity contribution in [1.29, 1.82) is 0 Å². The van der Waals surface area contributed by atoms with Gasteiger partial charge in [0.15, 0.2) is 0 Å². The van der Waals surface area contributed by atoms with Crippen LogP contribution in [0.3, 0.4) is 0 Å². The number of hydrogen-bond donors (Lipinski definition) is 2. The number of nitrogens with zero attached hydrogens (tertiary/aromatic N) is 3. The van der Waals surface area contributed by atoms with E-state index >= 15 is 0 Å². The third-order valence-corrected chi connectivity index (χ3v) is 5.63. The molecule has 0 aliphatic heterocycles. The zero-order chi connectivity index (χ0) is 26.3. The number of carbonyl (C=O) groups is 2. The Morgan fingerprint density at radius 3 is 2.39 bits per heavy atom. The monoisotopic (exact) mass is 491 g/mol. The van der Waals surface area contributed by atoms with Crippen LogP contribution in [-0.2, 0) is 10.2 Å². The van der Waals surface area contributed by atoms with Crippen LogP contribution in [0, 0.1) is 6.92 Å². The molecule has 8 nitrogen and oxygen atoms in total. The van der Waals surface area contributed by atoms with Gasteiger partial charge in [0, 0.05) is 18.0 Å². The van der Waals surface area contributed by atoms with Crippen LogP contribution in [0.15, 0.2) is 54.6 Å². The fraction of sp³-hybridized carbons (Fsp3) is 0.393. The van der Waals surface area contributed by atoms with Gasteiger partial charge in [-0.05, 0) is 44.0 Å². The largest absolute Gasteiger partial charge is 0.492 e. The van der Waals surface area contributed by atoms with Crippen LogP contribution in [0.1, 0.15) is 52.3 Å². The normalized spacial score (nSPS) is 11.2. The van der Waals surface area contributed by atoms with Gasteiger partial charge in [0.2, 0.25) is 5.91 Å². The van der Waals surface area contributed by atoms with Gasteiger partial charge in [-0.3, -0.25) is 4.79 Å².